The third-order valence-corrected chi connectivity index (χ3v) is 6.05. The molecule has 0 aliphatic carbocycles. The number of anilines is 1. The van der Waals surface area contributed by atoms with Gasteiger partial charge in [-0.1, -0.05) is 0 Å². The second-order valence-electron chi connectivity index (χ2n) is 4.59. The average molecular weight is 326 g/mol. The Balaban J connectivity index is 1.74. The average Bonchev–Trinajstić information content (AvgIpc) is 3.02. The van der Waals surface area contributed by atoms with Gasteiger partial charge in [-0.15, -0.1) is 11.3 Å². The SMILES string of the molecule is O=c1ccc(S(=O)(=O)N2CCN(c3nccs3)CC2)c[nH]1. The van der Waals surface area contributed by atoms with Gasteiger partial charge in [0, 0.05) is 50.0 Å². The van der Waals surface area contributed by atoms with Gasteiger partial charge in [0.05, 0.1) is 4.90 Å². The molecule has 1 fully saturated rings. The molecule has 0 amide bonds. The molecule has 1 N–H and O–H groups in total. The summed E-state index contributed by atoms with van der Waals surface area (Å²) in [7, 11) is -3.55. The summed E-state index contributed by atoms with van der Waals surface area (Å²) in [4.78, 5) is 19.8. The topological polar surface area (TPSA) is 86.4 Å². The molecule has 3 heterocycles. The van der Waals surface area contributed by atoms with Crippen molar-refractivity contribution >= 4 is 26.5 Å². The molecule has 7 nitrogen and oxygen atoms in total. The zero-order valence-corrected chi connectivity index (χ0v) is 12.7. The van der Waals surface area contributed by atoms with E-state index in [1.165, 1.54) is 22.6 Å². The van der Waals surface area contributed by atoms with Crippen LogP contribution in [0.1, 0.15) is 0 Å². The fourth-order valence-corrected chi connectivity index (χ4v) is 4.28. The lowest BCUT2D eigenvalue weighted by atomic mass is 10.4. The predicted octanol–water partition coefficient (Wildman–Crippen LogP) is 0.342. The van der Waals surface area contributed by atoms with Gasteiger partial charge in [0.1, 0.15) is 0 Å². The summed E-state index contributed by atoms with van der Waals surface area (Å²) in [6.45, 7) is 2.02. The Kier molecular flexibility index (Phi) is 3.79. The smallest absolute Gasteiger partial charge is 0.247 e. The van der Waals surface area contributed by atoms with Crippen molar-refractivity contribution in [2.75, 3.05) is 31.1 Å². The second-order valence-corrected chi connectivity index (χ2v) is 7.41. The molecule has 0 saturated carbocycles. The van der Waals surface area contributed by atoms with E-state index >= 15 is 0 Å². The summed E-state index contributed by atoms with van der Waals surface area (Å²) in [5.74, 6) is 0. The number of hydrogen-bond donors (Lipinski definition) is 1. The Labute approximate surface area is 125 Å². The number of H-pyrrole nitrogens is 1. The van der Waals surface area contributed by atoms with Crippen LogP contribution in [-0.4, -0.2) is 48.9 Å². The number of rotatable bonds is 3. The van der Waals surface area contributed by atoms with E-state index in [0.717, 1.165) is 5.13 Å². The van der Waals surface area contributed by atoms with E-state index in [9.17, 15) is 13.2 Å². The summed E-state index contributed by atoms with van der Waals surface area (Å²) in [5, 5.41) is 2.81. The maximum atomic E-state index is 12.5. The molecule has 0 bridgehead atoms. The van der Waals surface area contributed by atoms with Gasteiger partial charge in [-0.25, -0.2) is 13.4 Å². The van der Waals surface area contributed by atoms with Crippen molar-refractivity contribution < 1.29 is 8.42 Å². The number of hydrogen-bond acceptors (Lipinski definition) is 6. The second kappa shape index (κ2) is 5.58. The third-order valence-electron chi connectivity index (χ3n) is 3.32. The highest BCUT2D eigenvalue weighted by Gasteiger charge is 2.29. The molecule has 0 aromatic carbocycles. The molecule has 112 valence electrons. The Hall–Kier alpha value is -1.71. The molecule has 21 heavy (non-hydrogen) atoms. The molecule has 3 rings (SSSR count). The lowest BCUT2D eigenvalue weighted by molar-refractivity contribution is 0.384. The van der Waals surface area contributed by atoms with E-state index in [1.807, 2.05) is 5.38 Å². The zero-order valence-electron chi connectivity index (χ0n) is 11.1. The highest BCUT2D eigenvalue weighted by Crippen LogP contribution is 2.21. The molecule has 1 aliphatic rings. The number of nitrogens with zero attached hydrogens (tertiary/aromatic N) is 3. The molecule has 2 aromatic rings. The Morgan fingerprint density at radius 1 is 1.19 bits per heavy atom. The van der Waals surface area contributed by atoms with Gasteiger partial charge < -0.3 is 9.88 Å². The highest BCUT2D eigenvalue weighted by molar-refractivity contribution is 7.89. The van der Waals surface area contributed by atoms with Gasteiger partial charge in [-0.05, 0) is 6.07 Å². The molecule has 1 saturated heterocycles. The van der Waals surface area contributed by atoms with E-state index in [-0.39, 0.29) is 10.5 Å². The van der Waals surface area contributed by atoms with Gasteiger partial charge >= 0.3 is 0 Å². The first kappa shape index (κ1) is 14.2. The van der Waals surface area contributed by atoms with Crippen LogP contribution >= 0.6 is 11.3 Å². The first-order valence-electron chi connectivity index (χ1n) is 6.41. The van der Waals surface area contributed by atoms with E-state index < -0.39 is 10.0 Å². The van der Waals surface area contributed by atoms with Crippen molar-refractivity contribution in [1.82, 2.24) is 14.3 Å². The van der Waals surface area contributed by atoms with Crippen molar-refractivity contribution in [2.24, 2.45) is 0 Å². The van der Waals surface area contributed by atoms with E-state index in [4.69, 9.17) is 0 Å². The molecule has 1 aliphatic heterocycles. The number of nitrogens with one attached hydrogen (secondary N) is 1. The number of pyridine rings is 1. The molecule has 0 radical (unpaired) electrons. The summed E-state index contributed by atoms with van der Waals surface area (Å²) in [6.07, 6.45) is 2.98. The Morgan fingerprint density at radius 3 is 2.52 bits per heavy atom. The normalized spacial score (nSPS) is 17.0. The minimum absolute atomic E-state index is 0.116. The van der Waals surface area contributed by atoms with Crippen LogP contribution in [0.25, 0.3) is 0 Å². The number of aromatic nitrogens is 2. The largest absolute Gasteiger partial charge is 0.345 e. The number of thiazole rings is 1. The fourth-order valence-electron chi connectivity index (χ4n) is 2.20. The molecule has 0 atom stereocenters. The van der Waals surface area contributed by atoms with Gasteiger partial charge in [0.2, 0.25) is 15.6 Å². The Bertz CT molecular complexity index is 742. The Morgan fingerprint density at radius 2 is 1.95 bits per heavy atom. The van der Waals surface area contributed by atoms with E-state index in [1.54, 1.807) is 17.5 Å². The van der Waals surface area contributed by atoms with Gasteiger partial charge in [-0.2, -0.15) is 4.31 Å². The minimum atomic E-state index is -3.55. The van der Waals surface area contributed by atoms with Gasteiger partial charge in [-0.3, -0.25) is 4.79 Å². The first-order valence-corrected chi connectivity index (χ1v) is 8.73. The summed E-state index contributed by atoms with van der Waals surface area (Å²) in [6, 6.07) is 2.56. The van der Waals surface area contributed by atoms with Crippen LogP contribution in [0, 0.1) is 0 Å². The maximum absolute atomic E-state index is 12.5. The van der Waals surface area contributed by atoms with Crippen molar-refractivity contribution in [2.45, 2.75) is 4.90 Å². The van der Waals surface area contributed by atoms with E-state index in [2.05, 4.69) is 14.9 Å². The number of sulfonamides is 1. The minimum Gasteiger partial charge on any atom is -0.345 e. The molecule has 0 unspecified atom stereocenters. The standard InChI is InChI=1S/C12H14N4O3S2/c17-11-2-1-10(9-14-11)21(18,19)16-6-4-15(5-7-16)12-13-3-8-20-12/h1-3,8-9H,4-7H2,(H,14,17). The number of aromatic amines is 1. The van der Waals surface area contributed by atoms with Gasteiger partial charge in [0.15, 0.2) is 5.13 Å². The van der Waals surface area contributed by atoms with Crippen molar-refractivity contribution in [1.29, 1.82) is 0 Å². The molecular formula is C12H14N4O3S2. The monoisotopic (exact) mass is 326 g/mol. The predicted molar refractivity (Wildman–Crippen MR) is 80.1 cm³/mol. The van der Waals surface area contributed by atoms with Crippen LogP contribution in [0.2, 0.25) is 0 Å². The van der Waals surface area contributed by atoms with Crippen LogP contribution < -0.4 is 10.5 Å². The highest BCUT2D eigenvalue weighted by atomic mass is 32.2. The van der Waals surface area contributed by atoms with Crippen molar-refractivity contribution in [3.05, 3.63) is 40.3 Å². The fraction of sp³-hybridized carbons (Fsp3) is 0.333. The van der Waals surface area contributed by atoms with Crippen molar-refractivity contribution in [3.63, 3.8) is 0 Å². The lowest BCUT2D eigenvalue weighted by Crippen LogP contribution is -2.48. The van der Waals surface area contributed by atoms with Crippen LogP contribution in [-0.2, 0) is 10.0 Å². The maximum Gasteiger partial charge on any atom is 0.247 e. The van der Waals surface area contributed by atoms with E-state index in [0.29, 0.717) is 26.2 Å². The van der Waals surface area contributed by atoms with Crippen LogP contribution in [0.4, 0.5) is 5.13 Å². The molecule has 2 aromatic heterocycles. The number of piperazine rings is 1. The molecule has 9 heteroatoms. The molecular weight excluding hydrogens is 312 g/mol. The van der Waals surface area contributed by atoms with Crippen LogP contribution in [0.5, 0.6) is 0 Å². The zero-order chi connectivity index (χ0) is 14.9. The summed E-state index contributed by atoms with van der Waals surface area (Å²) in [5.41, 5.74) is -0.317. The van der Waals surface area contributed by atoms with Gasteiger partial charge in [0.25, 0.3) is 0 Å². The van der Waals surface area contributed by atoms with Crippen LogP contribution in [0.3, 0.4) is 0 Å². The lowest BCUT2D eigenvalue weighted by Gasteiger charge is -2.33. The quantitative estimate of drug-likeness (QED) is 0.879. The van der Waals surface area contributed by atoms with Crippen molar-refractivity contribution in [3.8, 4) is 0 Å². The third kappa shape index (κ3) is 2.85. The first-order chi connectivity index (χ1) is 10.1. The summed E-state index contributed by atoms with van der Waals surface area (Å²) < 4.78 is 26.4. The molecule has 0 spiro atoms. The van der Waals surface area contributed by atoms with Crippen LogP contribution in [0.15, 0.2) is 39.6 Å². The summed E-state index contributed by atoms with van der Waals surface area (Å²) >= 11 is 1.54.